The first-order valence-electron chi connectivity index (χ1n) is 8.02. The molecule has 5 nitrogen and oxygen atoms in total. The molecular formula is C19H18N4O. The number of nitrogens with zero attached hydrogens (tertiary/aromatic N) is 2. The van der Waals surface area contributed by atoms with Gasteiger partial charge in [-0.05, 0) is 41.5 Å². The van der Waals surface area contributed by atoms with Gasteiger partial charge in [-0.2, -0.15) is 0 Å². The third-order valence-electron chi connectivity index (χ3n) is 4.28. The summed E-state index contributed by atoms with van der Waals surface area (Å²) in [7, 11) is 0. The van der Waals surface area contributed by atoms with Crippen molar-refractivity contribution >= 4 is 11.6 Å². The van der Waals surface area contributed by atoms with E-state index >= 15 is 0 Å². The van der Waals surface area contributed by atoms with Crippen molar-refractivity contribution in [3.63, 3.8) is 0 Å². The molecule has 3 heterocycles. The maximum absolute atomic E-state index is 12.6. The van der Waals surface area contributed by atoms with Gasteiger partial charge >= 0.3 is 0 Å². The summed E-state index contributed by atoms with van der Waals surface area (Å²) in [6.07, 6.45) is 5.51. The molecule has 1 amide bonds. The highest BCUT2D eigenvalue weighted by atomic mass is 16.1. The summed E-state index contributed by atoms with van der Waals surface area (Å²) >= 11 is 0. The van der Waals surface area contributed by atoms with Crippen LogP contribution in [0.1, 0.15) is 16.1 Å². The Balaban J connectivity index is 1.57. The second-order valence-electron chi connectivity index (χ2n) is 5.82. The predicted octanol–water partition coefficient (Wildman–Crippen LogP) is 2.91. The SMILES string of the molecule is O=C(Nc1cccc(-c2ccncc2)c1)c1ccn2c1CNCC2. The van der Waals surface area contributed by atoms with E-state index < -0.39 is 0 Å². The molecule has 0 fully saturated rings. The summed E-state index contributed by atoms with van der Waals surface area (Å²) in [5, 5.41) is 6.32. The number of carbonyl (C=O) groups is 1. The molecule has 0 spiro atoms. The van der Waals surface area contributed by atoms with Crippen molar-refractivity contribution in [2.45, 2.75) is 13.1 Å². The van der Waals surface area contributed by atoms with E-state index in [1.165, 1.54) is 0 Å². The second-order valence-corrected chi connectivity index (χ2v) is 5.82. The third-order valence-corrected chi connectivity index (χ3v) is 4.28. The third kappa shape index (κ3) is 2.81. The lowest BCUT2D eigenvalue weighted by Gasteiger charge is -2.17. The fraction of sp³-hybridized carbons (Fsp3) is 0.158. The highest BCUT2D eigenvalue weighted by Crippen LogP contribution is 2.23. The molecule has 2 aromatic heterocycles. The van der Waals surface area contributed by atoms with E-state index in [-0.39, 0.29) is 5.91 Å². The number of pyridine rings is 1. The number of benzene rings is 1. The Morgan fingerprint density at radius 3 is 2.88 bits per heavy atom. The van der Waals surface area contributed by atoms with E-state index in [0.717, 1.165) is 47.7 Å². The predicted molar refractivity (Wildman–Crippen MR) is 93.8 cm³/mol. The van der Waals surface area contributed by atoms with Gasteiger partial charge in [-0.15, -0.1) is 0 Å². The molecule has 0 bridgehead atoms. The van der Waals surface area contributed by atoms with Crippen LogP contribution in [0.15, 0.2) is 61.1 Å². The molecule has 4 rings (SSSR count). The lowest BCUT2D eigenvalue weighted by Crippen LogP contribution is -2.29. The van der Waals surface area contributed by atoms with Gasteiger partial charge in [-0.3, -0.25) is 9.78 Å². The monoisotopic (exact) mass is 318 g/mol. The number of amides is 1. The minimum atomic E-state index is -0.0701. The van der Waals surface area contributed by atoms with Gasteiger partial charge in [0.15, 0.2) is 0 Å². The summed E-state index contributed by atoms with van der Waals surface area (Å²) in [4.78, 5) is 16.7. The van der Waals surface area contributed by atoms with E-state index in [2.05, 4.69) is 20.2 Å². The van der Waals surface area contributed by atoms with Gasteiger partial charge in [-0.1, -0.05) is 12.1 Å². The van der Waals surface area contributed by atoms with Crippen LogP contribution in [-0.4, -0.2) is 22.0 Å². The highest BCUT2D eigenvalue weighted by Gasteiger charge is 2.18. The summed E-state index contributed by atoms with van der Waals surface area (Å²) in [5.41, 5.74) is 4.70. The Bertz CT molecular complexity index is 870. The quantitative estimate of drug-likeness (QED) is 0.780. The topological polar surface area (TPSA) is 59.0 Å². The minimum absolute atomic E-state index is 0.0701. The molecule has 1 aliphatic heterocycles. The summed E-state index contributed by atoms with van der Waals surface area (Å²) in [5.74, 6) is -0.0701. The first-order valence-corrected chi connectivity index (χ1v) is 8.02. The van der Waals surface area contributed by atoms with Gasteiger partial charge in [-0.25, -0.2) is 0 Å². The van der Waals surface area contributed by atoms with Crippen LogP contribution in [0.2, 0.25) is 0 Å². The van der Waals surface area contributed by atoms with E-state index in [4.69, 9.17) is 0 Å². The van der Waals surface area contributed by atoms with E-state index in [9.17, 15) is 4.79 Å². The molecule has 2 N–H and O–H groups in total. The molecule has 1 aliphatic rings. The number of nitrogens with one attached hydrogen (secondary N) is 2. The van der Waals surface area contributed by atoms with Crippen molar-refractivity contribution in [1.82, 2.24) is 14.9 Å². The summed E-state index contributed by atoms with van der Waals surface area (Å²) in [6, 6.07) is 13.7. The van der Waals surface area contributed by atoms with Crippen LogP contribution in [0, 0.1) is 0 Å². The number of rotatable bonds is 3. The van der Waals surface area contributed by atoms with Gasteiger partial charge < -0.3 is 15.2 Å². The van der Waals surface area contributed by atoms with Crippen LogP contribution in [0.25, 0.3) is 11.1 Å². The number of anilines is 1. The Hall–Kier alpha value is -2.92. The maximum atomic E-state index is 12.6. The molecule has 0 aliphatic carbocycles. The largest absolute Gasteiger partial charge is 0.348 e. The van der Waals surface area contributed by atoms with Crippen molar-refractivity contribution in [2.75, 3.05) is 11.9 Å². The van der Waals surface area contributed by atoms with Gasteiger partial charge in [0.05, 0.1) is 5.56 Å². The molecule has 1 aromatic carbocycles. The van der Waals surface area contributed by atoms with E-state index in [0.29, 0.717) is 0 Å². The van der Waals surface area contributed by atoms with Gasteiger partial charge in [0, 0.05) is 49.6 Å². The van der Waals surface area contributed by atoms with Crippen LogP contribution in [0.5, 0.6) is 0 Å². The zero-order valence-electron chi connectivity index (χ0n) is 13.2. The molecular weight excluding hydrogens is 300 g/mol. The van der Waals surface area contributed by atoms with Crippen molar-refractivity contribution in [1.29, 1.82) is 0 Å². The standard InChI is InChI=1S/C19H18N4O/c24-19(17-6-10-23-11-9-21-13-18(17)23)22-16-3-1-2-15(12-16)14-4-7-20-8-5-14/h1-8,10,12,21H,9,11,13H2,(H,22,24). The van der Waals surface area contributed by atoms with Gasteiger partial charge in [0.25, 0.3) is 5.91 Å². The van der Waals surface area contributed by atoms with E-state index in [1.807, 2.05) is 48.7 Å². The smallest absolute Gasteiger partial charge is 0.257 e. The van der Waals surface area contributed by atoms with Crippen molar-refractivity contribution in [2.24, 2.45) is 0 Å². The van der Waals surface area contributed by atoms with Gasteiger partial charge in [0.1, 0.15) is 0 Å². The van der Waals surface area contributed by atoms with Crippen LogP contribution >= 0.6 is 0 Å². The average Bonchev–Trinajstić information content (AvgIpc) is 3.07. The molecule has 0 saturated carbocycles. The van der Waals surface area contributed by atoms with Gasteiger partial charge in [0.2, 0.25) is 0 Å². The molecule has 5 heteroatoms. The minimum Gasteiger partial charge on any atom is -0.348 e. The normalized spacial score (nSPS) is 13.3. The zero-order valence-corrected chi connectivity index (χ0v) is 13.2. The Kier molecular flexibility index (Phi) is 3.84. The molecule has 0 atom stereocenters. The highest BCUT2D eigenvalue weighted by molar-refractivity contribution is 6.05. The molecule has 0 radical (unpaired) electrons. The number of hydrogen-bond donors (Lipinski definition) is 2. The molecule has 0 unspecified atom stereocenters. The van der Waals surface area contributed by atoms with Crippen molar-refractivity contribution < 1.29 is 4.79 Å². The summed E-state index contributed by atoms with van der Waals surface area (Å²) in [6.45, 7) is 2.57. The average molecular weight is 318 g/mol. The fourth-order valence-electron chi connectivity index (χ4n) is 3.04. The van der Waals surface area contributed by atoms with E-state index in [1.54, 1.807) is 12.4 Å². The maximum Gasteiger partial charge on any atom is 0.257 e. The zero-order chi connectivity index (χ0) is 16.4. The lowest BCUT2D eigenvalue weighted by atomic mass is 10.1. The van der Waals surface area contributed by atoms with Crippen molar-refractivity contribution in [3.05, 3.63) is 72.3 Å². The number of carbonyl (C=O) groups excluding carboxylic acids is 1. The fourth-order valence-corrected chi connectivity index (χ4v) is 3.04. The lowest BCUT2D eigenvalue weighted by molar-refractivity contribution is 0.102. The number of hydrogen-bond acceptors (Lipinski definition) is 3. The Morgan fingerprint density at radius 2 is 2.00 bits per heavy atom. The molecule has 24 heavy (non-hydrogen) atoms. The Labute approximate surface area is 140 Å². The van der Waals surface area contributed by atoms with Crippen LogP contribution in [0.3, 0.4) is 0 Å². The molecule has 0 saturated heterocycles. The van der Waals surface area contributed by atoms with Crippen LogP contribution in [-0.2, 0) is 13.1 Å². The first-order chi connectivity index (χ1) is 11.8. The Morgan fingerprint density at radius 1 is 1.12 bits per heavy atom. The molecule has 3 aromatic rings. The van der Waals surface area contributed by atoms with Crippen LogP contribution in [0.4, 0.5) is 5.69 Å². The second kappa shape index (κ2) is 6.29. The van der Waals surface area contributed by atoms with Crippen LogP contribution < -0.4 is 10.6 Å². The molecule has 120 valence electrons. The number of fused-ring (bicyclic) bond motifs is 1. The first kappa shape index (κ1) is 14.7. The number of aromatic nitrogens is 2. The van der Waals surface area contributed by atoms with Crippen molar-refractivity contribution in [3.8, 4) is 11.1 Å². The summed E-state index contributed by atoms with van der Waals surface area (Å²) < 4.78 is 2.14.